The molecular formula is C20H18N4O2S. The molecule has 1 saturated carbocycles. The zero-order valence-corrected chi connectivity index (χ0v) is 15.9. The molecule has 0 spiro atoms. The molecule has 4 aromatic rings. The van der Waals surface area contributed by atoms with Crippen LogP contribution in [0.1, 0.15) is 45.5 Å². The number of rotatable bonds is 4. The number of hydrogen-bond acceptors (Lipinski definition) is 6. The third kappa shape index (κ3) is 2.88. The van der Waals surface area contributed by atoms with Crippen LogP contribution in [0.2, 0.25) is 0 Å². The maximum Gasteiger partial charge on any atom is 0.259 e. The average molecular weight is 378 g/mol. The Bertz CT molecular complexity index is 1140. The Morgan fingerprint density at radius 3 is 2.89 bits per heavy atom. The molecule has 0 radical (unpaired) electrons. The van der Waals surface area contributed by atoms with Crippen LogP contribution in [0.25, 0.3) is 21.3 Å². The van der Waals surface area contributed by atoms with Gasteiger partial charge in [0, 0.05) is 18.7 Å². The van der Waals surface area contributed by atoms with E-state index >= 15 is 0 Å². The van der Waals surface area contributed by atoms with Crippen LogP contribution in [0, 0.1) is 6.92 Å². The Balaban J connectivity index is 1.49. The zero-order chi connectivity index (χ0) is 18.5. The van der Waals surface area contributed by atoms with Crippen LogP contribution in [0.15, 0.2) is 34.9 Å². The number of nitrogens with zero attached hydrogens (tertiary/aromatic N) is 4. The number of carbonyl (C=O) groups is 1. The molecule has 0 atom stereocenters. The largest absolute Gasteiger partial charge is 0.336 e. The number of aryl methyl sites for hydroxylation is 1. The number of benzene rings is 1. The first kappa shape index (κ1) is 16.4. The van der Waals surface area contributed by atoms with Gasteiger partial charge in [-0.3, -0.25) is 4.79 Å². The SMILES string of the molecule is Cc1noc2nc(C3CC3)cc(C(=O)N(C)Cc3nc4ccccc4s3)c12. The fraction of sp³-hybridized carbons (Fsp3) is 0.300. The number of pyridine rings is 1. The van der Waals surface area contributed by atoms with E-state index in [-0.39, 0.29) is 5.91 Å². The van der Waals surface area contributed by atoms with E-state index in [2.05, 4.69) is 15.1 Å². The van der Waals surface area contributed by atoms with E-state index in [1.807, 2.05) is 37.3 Å². The fourth-order valence-electron chi connectivity index (χ4n) is 3.34. The van der Waals surface area contributed by atoms with Crippen molar-refractivity contribution in [3.63, 3.8) is 0 Å². The standard InChI is InChI=1S/C20H18N4O2S/c1-11-18-13(9-15(12-7-8-12)22-19(18)26-23-11)20(25)24(2)10-17-21-14-5-3-4-6-16(14)27-17/h3-6,9,12H,7-8,10H2,1-2H3. The molecule has 1 aliphatic rings. The topological polar surface area (TPSA) is 72.1 Å². The van der Waals surface area contributed by atoms with Gasteiger partial charge in [-0.1, -0.05) is 17.3 Å². The summed E-state index contributed by atoms with van der Waals surface area (Å²) in [7, 11) is 1.81. The van der Waals surface area contributed by atoms with E-state index in [9.17, 15) is 4.79 Å². The number of hydrogen-bond donors (Lipinski definition) is 0. The van der Waals surface area contributed by atoms with Crippen molar-refractivity contribution in [3.8, 4) is 0 Å². The predicted molar refractivity (Wildman–Crippen MR) is 104 cm³/mol. The highest BCUT2D eigenvalue weighted by Gasteiger charge is 2.29. The molecular weight excluding hydrogens is 360 g/mol. The molecule has 1 aliphatic carbocycles. The molecule has 136 valence electrons. The van der Waals surface area contributed by atoms with Crippen molar-refractivity contribution in [2.75, 3.05) is 7.05 Å². The predicted octanol–water partition coefficient (Wildman–Crippen LogP) is 4.29. The van der Waals surface area contributed by atoms with E-state index in [0.29, 0.717) is 34.8 Å². The molecule has 3 aromatic heterocycles. The van der Waals surface area contributed by atoms with Crippen molar-refractivity contribution in [1.29, 1.82) is 0 Å². The van der Waals surface area contributed by atoms with Gasteiger partial charge in [0.15, 0.2) is 0 Å². The molecule has 1 amide bonds. The fourth-order valence-corrected chi connectivity index (χ4v) is 4.36. The minimum absolute atomic E-state index is 0.0603. The monoisotopic (exact) mass is 378 g/mol. The number of thiazole rings is 1. The maximum atomic E-state index is 13.2. The van der Waals surface area contributed by atoms with E-state index in [4.69, 9.17) is 4.52 Å². The molecule has 27 heavy (non-hydrogen) atoms. The van der Waals surface area contributed by atoms with Gasteiger partial charge < -0.3 is 9.42 Å². The lowest BCUT2D eigenvalue weighted by atomic mass is 10.1. The van der Waals surface area contributed by atoms with E-state index < -0.39 is 0 Å². The van der Waals surface area contributed by atoms with Crippen LogP contribution in [0.3, 0.4) is 0 Å². The first-order valence-corrected chi connectivity index (χ1v) is 9.78. The Labute approximate surface area is 159 Å². The molecule has 0 saturated heterocycles. The summed E-state index contributed by atoms with van der Waals surface area (Å²) in [6.45, 7) is 2.31. The summed E-state index contributed by atoms with van der Waals surface area (Å²) in [6, 6.07) is 9.93. The summed E-state index contributed by atoms with van der Waals surface area (Å²) in [5.41, 5.74) is 3.65. The Hall–Kier alpha value is -2.80. The molecule has 6 nitrogen and oxygen atoms in total. The quantitative estimate of drug-likeness (QED) is 0.530. The van der Waals surface area contributed by atoms with Gasteiger partial charge in [-0.05, 0) is 38.0 Å². The minimum Gasteiger partial charge on any atom is -0.336 e. The average Bonchev–Trinajstić information content (AvgIpc) is 3.34. The van der Waals surface area contributed by atoms with Gasteiger partial charge >= 0.3 is 0 Å². The number of amides is 1. The van der Waals surface area contributed by atoms with Gasteiger partial charge in [-0.25, -0.2) is 9.97 Å². The molecule has 0 unspecified atom stereocenters. The lowest BCUT2D eigenvalue weighted by molar-refractivity contribution is 0.0786. The van der Waals surface area contributed by atoms with Crippen LogP contribution in [-0.2, 0) is 6.54 Å². The van der Waals surface area contributed by atoms with Gasteiger partial charge in [0.1, 0.15) is 5.01 Å². The van der Waals surface area contributed by atoms with Gasteiger partial charge in [0.2, 0.25) is 0 Å². The highest BCUT2D eigenvalue weighted by molar-refractivity contribution is 7.18. The molecule has 5 rings (SSSR count). The van der Waals surface area contributed by atoms with Crippen molar-refractivity contribution in [2.45, 2.75) is 32.2 Å². The number of fused-ring (bicyclic) bond motifs is 2. The van der Waals surface area contributed by atoms with Gasteiger partial charge in [0.05, 0.1) is 33.4 Å². The van der Waals surface area contributed by atoms with Crippen LogP contribution < -0.4 is 0 Å². The first-order chi connectivity index (χ1) is 13.1. The molecule has 1 fully saturated rings. The zero-order valence-electron chi connectivity index (χ0n) is 15.1. The van der Waals surface area contributed by atoms with Crippen molar-refractivity contribution < 1.29 is 9.32 Å². The molecule has 3 heterocycles. The van der Waals surface area contributed by atoms with E-state index in [1.165, 1.54) is 0 Å². The van der Waals surface area contributed by atoms with E-state index in [1.54, 1.807) is 23.3 Å². The second kappa shape index (κ2) is 6.13. The van der Waals surface area contributed by atoms with Crippen LogP contribution >= 0.6 is 11.3 Å². The highest BCUT2D eigenvalue weighted by Crippen LogP contribution is 2.40. The van der Waals surface area contributed by atoms with Crippen LogP contribution in [0.4, 0.5) is 0 Å². The van der Waals surface area contributed by atoms with Crippen molar-refractivity contribution in [3.05, 3.63) is 52.3 Å². The van der Waals surface area contributed by atoms with E-state index in [0.717, 1.165) is 33.8 Å². The smallest absolute Gasteiger partial charge is 0.259 e. The summed E-state index contributed by atoms with van der Waals surface area (Å²) < 4.78 is 6.48. The van der Waals surface area contributed by atoms with Crippen LogP contribution in [0.5, 0.6) is 0 Å². The van der Waals surface area contributed by atoms with Crippen LogP contribution in [-0.4, -0.2) is 33.0 Å². The Kier molecular flexibility index (Phi) is 3.72. The Morgan fingerprint density at radius 2 is 2.11 bits per heavy atom. The molecule has 0 aliphatic heterocycles. The first-order valence-electron chi connectivity index (χ1n) is 8.97. The van der Waals surface area contributed by atoms with Crippen molar-refractivity contribution in [1.82, 2.24) is 20.0 Å². The molecule has 7 heteroatoms. The van der Waals surface area contributed by atoms with Crippen molar-refractivity contribution in [2.24, 2.45) is 0 Å². The molecule has 1 aromatic carbocycles. The lowest BCUT2D eigenvalue weighted by Gasteiger charge is -2.16. The minimum atomic E-state index is -0.0603. The number of para-hydroxylation sites is 1. The third-order valence-corrected chi connectivity index (χ3v) is 5.94. The highest BCUT2D eigenvalue weighted by atomic mass is 32.1. The van der Waals surface area contributed by atoms with Gasteiger partial charge in [-0.2, -0.15) is 0 Å². The summed E-state index contributed by atoms with van der Waals surface area (Å²) in [4.78, 5) is 24.1. The normalized spacial score (nSPS) is 14.1. The number of aromatic nitrogens is 3. The molecule has 0 N–H and O–H groups in total. The number of carbonyl (C=O) groups excluding carboxylic acids is 1. The summed E-state index contributed by atoms with van der Waals surface area (Å²) in [5.74, 6) is 0.371. The third-order valence-electron chi connectivity index (χ3n) is 4.92. The lowest BCUT2D eigenvalue weighted by Crippen LogP contribution is -2.26. The van der Waals surface area contributed by atoms with Gasteiger partial charge in [0.25, 0.3) is 11.6 Å². The molecule has 0 bridgehead atoms. The summed E-state index contributed by atoms with van der Waals surface area (Å²) in [5, 5.41) is 5.64. The summed E-state index contributed by atoms with van der Waals surface area (Å²) in [6.07, 6.45) is 2.22. The van der Waals surface area contributed by atoms with Gasteiger partial charge in [-0.15, -0.1) is 11.3 Å². The maximum absolute atomic E-state index is 13.2. The summed E-state index contributed by atoms with van der Waals surface area (Å²) >= 11 is 1.62. The van der Waals surface area contributed by atoms with Crippen molar-refractivity contribution >= 4 is 38.6 Å². The second-order valence-electron chi connectivity index (χ2n) is 7.05. The second-order valence-corrected chi connectivity index (χ2v) is 8.17. The Morgan fingerprint density at radius 1 is 1.30 bits per heavy atom.